The average Bonchev–Trinajstić information content (AvgIpc) is 3.33. The van der Waals surface area contributed by atoms with Gasteiger partial charge in [0.25, 0.3) is 5.91 Å². The number of aromatic nitrogens is 3. The van der Waals surface area contributed by atoms with Gasteiger partial charge in [0, 0.05) is 38.3 Å². The lowest BCUT2D eigenvalue weighted by atomic mass is 9.97. The number of nitrogens with zero attached hydrogens (tertiary/aromatic N) is 5. The number of rotatable bonds is 5. The molecule has 2 saturated heterocycles. The molecule has 0 radical (unpaired) electrons. The van der Waals surface area contributed by atoms with Crippen molar-refractivity contribution in [3.63, 3.8) is 0 Å². The number of oxazole rings is 1. The average molecular weight is 446 g/mol. The second kappa shape index (κ2) is 9.73. The molecule has 2 aliphatic heterocycles. The van der Waals surface area contributed by atoms with Crippen LogP contribution in [0.5, 0.6) is 0 Å². The topological polar surface area (TPSA) is 75.4 Å². The highest BCUT2D eigenvalue weighted by molar-refractivity contribution is 5.92. The highest BCUT2D eigenvalue weighted by atomic mass is 16.4. The number of piperidine rings is 2. The summed E-state index contributed by atoms with van der Waals surface area (Å²) in [7, 11) is 0. The third kappa shape index (κ3) is 5.07. The Morgan fingerprint density at radius 1 is 1.06 bits per heavy atom. The minimum absolute atomic E-state index is 0.0282. The van der Waals surface area contributed by atoms with Crippen molar-refractivity contribution in [2.45, 2.75) is 51.4 Å². The zero-order valence-electron chi connectivity index (χ0n) is 19.2. The van der Waals surface area contributed by atoms with Crippen molar-refractivity contribution in [3.8, 4) is 0 Å². The van der Waals surface area contributed by atoms with Crippen LogP contribution in [-0.4, -0.2) is 51.9 Å². The Morgan fingerprint density at radius 2 is 1.88 bits per heavy atom. The van der Waals surface area contributed by atoms with Crippen LogP contribution in [0, 0.1) is 6.92 Å². The molecule has 0 unspecified atom stereocenters. The molecule has 1 amide bonds. The first-order valence-corrected chi connectivity index (χ1v) is 12.0. The molecule has 0 N–H and O–H groups in total. The van der Waals surface area contributed by atoms with Crippen molar-refractivity contribution in [3.05, 3.63) is 71.2 Å². The van der Waals surface area contributed by atoms with Gasteiger partial charge in [0.1, 0.15) is 11.5 Å². The van der Waals surface area contributed by atoms with Crippen LogP contribution in [0.25, 0.3) is 0 Å². The summed E-state index contributed by atoms with van der Waals surface area (Å²) in [5.74, 6) is 2.35. The van der Waals surface area contributed by atoms with Gasteiger partial charge in [-0.15, -0.1) is 0 Å². The predicted octanol–water partition coefficient (Wildman–Crippen LogP) is 4.37. The van der Waals surface area contributed by atoms with Gasteiger partial charge < -0.3 is 14.2 Å². The smallest absolute Gasteiger partial charge is 0.272 e. The number of anilines is 1. The maximum atomic E-state index is 13.4. The summed E-state index contributed by atoms with van der Waals surface area (Å²) >= 11 is 0. The number of likely N-dealkylation sites (tertiary alicyclic amines) is 1. The van der Waals surface area contributed by atoms with E-state index in [-0.39, 0.29) is 11.8 Å². The summed E-state index contributed by atoms with van der Waals surface area (Å²) in [4.78, 5) is 31.3. The fourth-order valence-electron chi connectivity index (χ4n) is 4.81. The van der Waals surface area contributed by atoms with Crippen LogP contribution >= 0.6 is 0 Å². The highest BCUT2D eigenvalue weighted by Gasteiger charge is 2.29. The van der Waals surface area contributed by atoms with Crippen molar-refractivity contribution >= 4 is 11.9 Å². The lowest BCUT2D eigenvalue weighted by Crippen LogP contribution is -2.40. The van der Waals surface area contributed by atoms with Gasteiger partial charge in [-0.3, -0.25) is 4.79 Å². The molecular formula is C26H31N5O2. The molecule has 0 spiro atoms. The Kier molecular flexibility index (Phi) is 6.37. The van der Waals surface area contributed by atoms with Crippen molar-refractivity contribution in [2.24, 2.45) is 0 Å². The number of aryl methyl sites for hydroxylation is 1. The summed E-state index contributed by atoms with van der Waals surface area (Å²) in [6.45, 7) is 5.18. The monoisotopic (exact) mass is 445 g/mol. The van der Waals surface area contributed by atoms with Gasteiger partial charge in [0.05, 0.1) is 12.1 Å². The van der Waals surface area contributed by atoms with Crippen LogP contribution in [-0.2, 0) is 6.42 Å². The number of amides is 1. The molecule has 33 heavy (non-hydrogen) atoms. The molecule has 2 aliphatic rings. The van der Waals surface area contributed by atoms with E-state index in [4.69, 9.17) is 4.42 Å². The van der Waals surface area contributed by atoms with Gasteiger partial charge >= 0.3 is 0 Å². The first kappa shape index (κ1) is 21.6. The molecule has 5 rings (SSSR count). The zero-order chi connectivity index (χ0) is 22.6. The lowest BCUT2D eigenvalue weighted by molar-refractivity contribution is 0.0691. The lowest BCUT2D eigenvalue weighted by Gasteiger charge is -2.31. The first-order valence-electron chi connectivity index (χ1n) is 12.0. The molecule has 2 fully saturated rings. The number of benzene rings is 1. The molecule has 7 nitrogen and oxygen atoms in total. The Hall–Kier alpha value is -3.22. The van der Waals surface area contributed by atoms with Crippen molar-refractivity contribution in [2.75, 3.05) is 31.1 Å². The van der Waals surface area contributed by atoms with Crippen LogP contribution in [0.4, 0.5) is 5.95 Å². The summed E-state index contributed by atoms with van der Waals surface area (Å²) in [6, 6.07) is 12.1. The Bertz CT molecular complexity index is 1090. The summed E-state index contributed by atoms with van der Waals surface area (Å²) in [5.41, 5.74) is 2.52. The minimum Gasteiger partial charge on any atom is -0.445 e. The first-order chi connectivity index (χ1) is 16.2. The van der Waals surface area contributed by atoms with Gasteiger partial charge in [-0.1, -0.05) is 30.3 Å². The van der Waals surface area contributed by atoms with E-state index in [9.17, 15) is 4.79 Å². The van der Waals surface area contributed by atoms with E-state index in [1.54, 1.807) is 0 Å². The van der Waals surface area contributed by atoms with E-state index < -0.39 is 0 Å². The second-order valence-electron chi connectivity index (χ2n) is 9.16. The van der Waals surface area contributed by atoms with E-state index in [0.29, 0.717) is 18.2 Å². The van der Waals surface area contributed by atoms with Crippen LogP contribution < -0.4 is 4.90 Å². The highest BCUT2D eigenvalue weighted by Crippen LogP contribution is 2.28. The summed E-state index contributed by atoms with van der Waals surface area (Å²) < 4.78 is 6.10. The number of hydrogen-bond donors (Lipinski definition) is 0. The third-order valence-corrected chi connectivity index (χ3v) is 6.55. The van der Waals surface area contributed by atoms with Crippen LogP contribution in [0.2, 0.25) is 0 Å². The molecule has 3 aromatic rings. The van der Waals surface area contributed by atoms with Crippen molar-refractivity contribution in [1.29, 1.82) is 0 Å². The van der Waals surface area contributed by atoms with E-state index >= 15 is 0 Å². The van der Waals surface area contributed by atoms with Crippen molar-refractivity contribution in [1.82, 2.24) is 19.9 Å². The Labute approximate surface area is 194 Å². The minimum atomic E-state index is -0.0282. The largest absolute Gasteiger partial charge is 0.445 e. The molecule has 2 aromatic heterocycles. The normalized spacial score (nSPS) is 19.0. The SMILES string of the molecule is Cc1cc(C(=O)N2CCC[C@H](c3ncc(Cc4ccccc4)o3)C2)nc(N2CCCCC2)n1. The molecule has 0 saturated carbocycles. The van der Waals surface area contributed by atoms with E-state index in [1.807, 2.05) is 42.3 Å². The Balaban J connectivity index is 1.28. The van der Waals surface area contributed by atoms with Crippen LogP contribution in [0.3, 0.4) is 0 Å². The van der Waals surface area contributed by atoms with E-state index in [2.05, 4.69) is 32.0 Å². The molecular weight excluding hydrogens is 414 g/mol. The molecule has 1 atom stereocenters. The molecule has 0 bridgehead atoms. The fourth-order valence-corrected chi connectivity index (χ4v) is 4.81. The Morgan fingerprint density at radius 3 is 2.70 bits per heavy atom. The zero-order valence-corrected chi connectivity index (χ0v) is 19.2. The standard InChI is InChI=1S/C26H31N5O2/c1-19-15-23(29-26(28-19)30-12-6-3-7-13-30)25(32)31-14-8-11-21(18-31)24-27-17-22(33-24)16-20-9-4-2-5-10-20/h2,4-5,9-10,15,17,21H,3,6-8,11-14,16,18H2,1H3/t21-/m0/s1. The predicted molar refractivity (Wildman–Crippen MR) is 126 cm³/mol. The van der Waals surface area contributed by atoms with Crippen LogP contribution in [0.15, 0.2) is 47.0 Å². The van der Waals surface area contributed by atoms with Gasteiger partial charge in [0.15, 0.2) is 5.89 Å². The maximum absolute atomic E-state index is 13.4. The second-order valence-corrected chi connectivity index (χ2v) is 9.16. The third-order valence-electron chi connectivity index (χ3n) is 6.55. The molecule has 4 heterocycles. The molecule has 1 aromatic carbocycles. The summed E-state index contributed by atoms with van der Waals surface area (Å²) in [5, 5.41) is 0. The van der Waals surface area contributed by atoms with Gasteiger partial charge in [-0.05, 0) is 50.7 Å². The van der Waals surface area contributed by atoms with Gasteiger partial charge in [-0.2, -0.15) is 0 Å². The van der Waals surface area contributed by atoms with Gasteiger partial charge in [-0.25, -0.2) is 15.0 Å². The fraction of sp³-hybridized carbons (Fsp3) is 0.462. The maximum Gasteiger partial charge on any atom is 0.272 e. The summed E-state index contributed by atoms with van der Waals surface area (Å²) in [6.07, 6.45) is 7.99. The van der Waals surface area contributed by atoms with E-state index in [1.165, 1.54) is 12.0 Å². The van der Waals surface area contributed by atoms with E-state index in [0.717, 1.165) is 69.1 Å². The van der Waals surface area contributed by atoms with Crippen LogP contribution in [0.1, 0.15) is 71.4 Å². The quantitative estimate of drug-likeness (QED) is 0.580. The molecule has 7 heteroatoms. The molecule has 0 aliphatic carbocycles. The number of hydrogen-bond acceptors (Lipinski definition) is 6. The number of carbonyl (C=O) groups excluding carboxylic acids is 1. The van der Waals surface area contributed by atoms with Crippen molar-refractivity contribution < 1.29 is 9.21 Å². The number of carbonyl (C=O) groups is 1. The molecule has 172 valence electrons. The van der Waals surface area contributed by atoms with Gasteiger partial charge in [0.2, 0.25) is 5.95 Å².